The van der Waals surface area contributed by atoms with Gasteiger partial charge in [0.1, 0.15) is 11.5 Å². The van der Waals surface area contributed by atoms with Gasteiger partial charge in [-0.3, -0.25) is 4.79 Å². The molecule has 3 aromatic rings. The van der Waals surface area contributed by atoms with E-state index in [0.29, 0.717) is 12.0 Å². The first-order chi connectivity index (χ1) is 15.0. The number of aryl methyl sites for hydroxylation is 1. The molecular weight excluding hydrogens is 456 g/mol. The van der Waals surface area contributed by atoms with E-state index >= 15 is 0 Å². The molecule has 31 heavy (non-hydrogen) atoms. The number of hydrogen-bond donors (Lipinski definition) is 0. The number of Topliss-reactive ketones (excluding diaryl/α,β-unsaturated/α-hetero) is 1. The number of carbonyl (C=O) groups excluding carboxylic acids is 1. The van der Waals surface area contributed by atoms with Crippen LogP contribution in [-0.2, 0) is 0 Å². The molecule has 0 aromatic heterocycles. The van der Waals surface area contributed by atoms with Crippen molar-refractivity contribution in [2.75, 3.05) is 7.11 Å². The topological polar surface area (TPSA) is 51.1 Å². The normalized spacial score (nSPS) is 19.2. The molecule has 3 aromatic carbocycles. The Morgan fingerprint density at radius 1 is 1.10 bits per heavy atom. The van der Waals surface area contributed by atoms with Crippen LogP contribution in [0.1, 0.15) is 39.5 Å². The van der Waals surface area contributed by atoms with Gasteiger partial charge in [-0.2, -0.15) is 5.10 Å². The maximum atomic E-state index is 13.4. The molecule has 156 valence electrons. The highest BCUT2D eigenvalue weighted by atomic mass is 79.9. The Morgan fingerprint density at radius 2 is 1.84 bits per heavy atom. The summed E-state index contributed by atoms with van der Waals surface area (Å²) < 4.78 is 12.4. The summed E-state index contributed by atoms with van der Waals surface area (Å²) in [6.45, 7) is 2.00. The highest BCUT2D eigenvalue weighted by Crippen LogP contribution is 2.44. The van der Waals surface area contributed by atoms with E-state index in [1.165, 1.54) is 0 Å². The van der Waals surface area contributed by atoms with Crippen LogP contribution in [0, 0.1) is 6.92 Å². The van der Waals surface area contributed by atoms with Gasteiger partial charge >= 0.3 is 0 Å². The molecule has 0 saturated carbocycles. The predicted octanol–water partition coefficient (Wildman–Crippen LogP) is 5.52. The predicted molar refractivity (Wildman–Crippen MR) is 123 cm³/mol. The number of hydrazone groups is 1. The lowest BCUT2D eigenvalue weighted by Gasteiger charge is -2.37. The van der Waals surface area contributed by atoms with Gasteiger partial charge in [-0.25, -0.2) is 5.01 Å². The van der Waals surface area contributed by atoms with E-state index in [0.717, 1.165) is 38.4 Å². The lowest BCUT2D eigenvalue weighted by Crippen LogP contribution is -2.45. The Balaban J connectivity index is 1.55. The highest BCUT2D eigenvalue weighted by molar-refractivity contribution is 9.10. The number of hydrogen-bond acceptors (Lipinski definition) is 5. The minimum absolute atomic E-state index is 0.0715. The van der Waals surface area contributed by atoms with Crippen LogP contribution in [0.2, 0.25) is 0 Å². The lowest BCUT2D eigenvalue weighted by atomic mass is 9.95. The van der Waals surface area contributed by atoms with Crippen LogP contribution in [0.15, 0.2) is 76.3 Å². The third-order valence-corrected chi connectivity index (χ3v) is 6.23. The minimum Gasteiger partial charge on any atom is -0.497 e. The van der Waals surface area contributed by atoms with Crippen LogP contribution in [0.25, 0.3) is 0 Å². The fourth-order valence-corrected chi connectivity index (χ4v) is 4.43. The van der Waals surface area contributed by atoms with E-state index in [2.05, 4.69) is 15.9 Å². The Hall–Kier alpha value is -3.12. The number of halogens is 1. The van der Waals surface area contributed by atoms with Crippen LogP contribution in [0.4, 0.5) is 0 Å². The fourth-order valence-electron chi connectivity index (χ4n) is 4.05. The van der Waals surface area contributed by atoms with Crippen molar-refractivity contribution in [2.24, 2.45) is 5.10 Å². The van der Waals surface area contributed by atoms with Crippen molar-refractivity contribution in [1.82, 2.24) is 5.01 Å². The van der Waals surface area contributed by atoms with E-state index < -0.39 is 6.23 Å². The first-order valence-corrected chi connectivity index (χ1v) is 10.9. The van der Waals surface area contributed by atoms with Gasteiger partial charge in [0.2, 0.25) is 5.78 Å². The number of fused-ring (bicyclic) bond motifs is 3. The number of ketones is 1. The van der Waals surface area contributed by atoms with E-state index in [4.69, 9.17) is 14.6 Å². The Kier molecular flexibility index (Phi) is 5.02. The molecule has 6 heteroatoms. The zero-order valence-electron chi connectivity index (χ0n) is 17.2. The summed E-state index contributed by atoms with van der Waals surface area (Å²) in [4.78, 5) is 13.4. The van der Waals surface area contributed by atoms with Crippen molar-refractivity contribution in [2.45, 2.75) is 25.6 Å². The molecule has 0 aliphatic carbocycles. The Morgan fingerprint density at radius 3 is 2.55 bits per heavy atom. The Bertz CT molecular complexity index is 1170. The molecule has 2 atom stereocenters. The molecule has 0 spiro atoms. The summed E-state index contributed by atoms with van der Waals surface area (Å²) in [6, 6.07) is 21.2. The third kappa shape index (κ3) is 3.61. The Labute approximate surface area is 189 Å². The summed E-state index contributed by atoms with van der Waals surface area (Å²) in [5, 5.41) is 6.67. The van der Waals surface area contributed by atoms with E-state index in [9.17, 15) is 4.79 Å². The SMILES string of the molecule is COc1ccc(C2=NN3[C@H](C2)c2cc(Br)ccc2O[C@H]3C(=O)c2ccc(C)cc2)cc1. The number of carbonyl (C=O) groups is 1. The van der Waals surface area contributed by atoms with Crippen LogP contribution in [-0.4, -0.2) is 29.8 Å². The number of nitrogens with zero attached hydrogens (tertiary/aromatic N) is 2. The smallest absolute Gasteiger partial charge is 0.251 e. The highest BCUT2D eigenvalue weighted by Gasteiger charge is 2.43. The van der Waals surface area contributed by atoms with Gasteiger partial charge in [0, 0.05) is 22.0 Å². The molecule has 5 nitrogen and oxygen atoms in total. The minimum atomic E-state index is -0.808. The van der Waals surface area contributed by atoms with Gasteiger partial charge in [-0.1, -0.05) is 45.8 Å². The first-order valence-electron chi connectivity index (χ1n) is 10.1. The van der Waals surface area contributed by atoms with Gasteiger partial charge in [0.15, 0.2) is 0 Å². The molecule has 0 fully saturated rings. The van der Waals surface area contributed by atoms with Crippen LogP contribution in [0.3, 0.4) is 0 Å². The number of ether oxygens (including phenoxy) is 2. The van der Waals surface area contributed by atoms with Gasteiger partial charge in [0.25, 0.3) is 6.23 Å². The van der Waals surface area contributed by atoms with Crippen molar-refractivity contribution < 1.29 is 14.3 Å². The molecule has 0 radical (unpaired) electrons. The first kappa shape index (κ1) is 19.8. The summed E-state index contributed by atoms with van der Waals surface area (Å²) in [5.74, 6) is 1.42. The van der Waals surface area contributed by atoms with Crippen molar-refractivity contribution in [3.8, 4) is 11.5 Å². The van der Waals surface area contributed by atoms with E-state index in [-0.39, 0.29) is 11.8 Å². The average Bonchev–Trinajstić information content (AvgIpc) is 3.24. The van der Waals surface area contributed by atoms with Crippen molar-refractivity contribution in [3.63, 3.8) is 0 Å². The fraction of sp³-hybridized carbons (Fsp3) is 0.200. The maximum Gasteiger partial charge on any atom is 0.251 e. The van der Waals surface area contributed by atoms with Gasteiger partial charge in [0.05, 0.1) is 18.9 Å². The quantitative estimate of drug-likeness (QED) is 0.465. The molecule has 0 bridgehead atoms. The van der Waals surface area contributed by atoms with Gasteiger partial charge in [-0.15, -0.1) is 0 Å². The zero-order valence-corrected chi connectivity index (χ0v) is 18.8. The summed E-state index contributed by atoms with van der Waals surface area (Å²) in [5.41, 5.74) is 4.67. The van der Waals surface area contributed by atoms with Crippen LogP contribution in [0.5, 0.6) is 11.5 Å². The average molecular weight is 477 g/mol. The van der Waals surface area contributed by atoms with E-state index in [1.54, 1.807) is 7.11 Å². The molecule has 0 saturated heterocycles. The summed E-state index contributed by atoms with van der Waals surface area (Å²) >= 11 is 3.56. The molecule has 2 heterocycles. The second kappa shape index (κ2) is 7.85. The second-order valence-electron chi connectivity index (χ2n) is 7.76. The standard InChI is InChI=1S/C25H21BrN2O3/c1-15-3-5-17(6-4-15)24(29)25-28-22(20-13-18(26)9-12-23(20)31-25)14-21(27-28)16-7-10-19(30-2)11-8-16/h3-13,22,25H,14H2,1-2H3/t22-,25+/m1/s1. The maximum absolute atomic E-state index is 13.4. The summed E-state index contributed by atoms with van der Waals surface area (Å²) in [6.07, 6.45) is -0.117. The molecule has 0 amide bonds. The monoisotopic (exact) mass is 476 g/mol. The molecule has 2 aliphatic heterocycles. The number of methoxy groups -OCH3 is 1. The molecule has 0 N–H and O–H groups in total. The number of rotatable bonds is 4. The zero-order chi connectivity index (χ0) is 21.5. The molecule has 5 rings (SSSR count). The van der Waals surface area contributed by atoms with Crippen LogP contribution >= 0.6 is 15.9 Å². The summed E-state index contributed by atoms with van der Waals surface area (Å²) in [7, 11) is 1.65. The third-order valence-electron chi connectivity index (χ3n) is 5.74. The van der Waals surface area contributed by atoms with Crippen molar-refractivity contribution in [3.05, 3.63) is 93.5 Å². The van der Waals surface area contributed by atoms with Crippen molar-refractivity contribution >= 4 is 27.4 Å². The van der Waals surface area contributed by atoms with E-state index in [1.807, 2.05) is 78.7 Å². The second-order valence-corrected chi connectivity index (χ2v) is 8.67. The largest absolute Gasteiger partial charge is 0.497 e. The lowest BCUT2D eigenvalue weighted by molar-refractivity contribution is -0.00459. The van der Waals surface area contributed by atoms with Gasteiger partial charge in [-0.05, 0) is 55.0 Å². The van der Waals surface area contributed by atoms with Crippen LogP contribution < -0.4 is 9.47 Å². The van der Waals surface area contributed by atoms with Gasteiger partial charge < -0.3 is 9.47 Å². The van der Waals surface area contributed by atoms with Crippen molar-refractivity contribution in [1.29, 1.82) is 0 Å². The number of benzene rings is 3. The molecule has 0 unspecified atom stereocenters. The molecule has 2 aliphatic rings. The molecular formula is C25H21BrN2O3.